The molecule has 0 bridgehead atoms. The summed E-state index contributed by atoms with van der Waals surface area (Å²) in [5.41, 5.74) is 1.47. The van der Waals surface area contributed by atoms with Crippen LogP contribution in [0.25, 0.3) is 22.2 Å². The second kappa shape index (κ2) is 6.84. The van der Waals surface area contributed by atoms with E-state index >= 15 is 0 Å². The maximum absolute atomic E-state index is 13.2. The zero-order valence-electron chi connectivity index (χ0n) is 12.8. The Bertz CT molecular complexity index is 938. The number of aliphatic hydroxyl groups is 1. The average Bonchev–Trinajstić information content (AvgIpc) is 3.00. The molecular formula is C16H10BrF5N2O2. The van der Waals surface area contributed by atoms with Crippen LogP contribution in [-0.2, 0) is 6.61 Å². The van der Waals surface area contributed by atoms with Crippen molar-refractivity contribution < 1.29 is 31.8 Å². The molecule has 10 heteroatoms. The predicted octanol–water partition coefficient (Wildman–Crippen LogP) is 5.25. The number of hydrogen-bond donors (Lipinski definition) is 1. The number of halogens is 6. The molecule has 0 aliphatic carbocycles. The van der Waals surface area contributed by atoms with E-state index in [9.17, 15) is 27.1 Å². The molecule has 0 atom stereocenters. The highest BCUT2D eigenvalue weighted by Crippen LogP contribution is 2.38. The van der Waals surface area contributed by atoms with Crippen LogP contribution in [0.1, 0.15) is 12.1 Å². The van der Waals surface area contributed by atoms with Crippen LogP contribution in [0, 0.1) is 0 Å². The van der Waals surface area contributed by atoms with E-state index in [1.165, 1.54) is 18.2 Å². The van der Waals surface area contributed by atoms with Gasteiger partial charge in [0.05, 0.1) is 17.6 Å². The van der Waals surface area contributed by atoms with E-state index in [1.807, 2.05) is 0 Å². The van der Waals surface area contributed by atoms with Crippen LogP contribution < -0.4 is 4.74 Å². The molecule has 0 saturated carbocycles. The number of rotatable bonds is 4. The highest BCUT2D eigenvalue weighted by Gasteiger charge is 2.31. The third kappa shape index (κ3) is 3.51. The van der Waals surface area contributed by atoms with Crippen molar-refractivity contribution in [3.05, 3.63) is 46.7 Å². The van der Waals surface area contributed by atoms with Crippen molar-refractivity contribution in [2.24, 2.45) is 0 Å². The lowest BCUT2D eigenvalue weighted by molar-refractivity contribution is -0.274. The fourth-order valence-electron chi connectivity index (χ4n) is 2.55. The molecule has 0 radical (unpaired) electrons. The monoisotopic (exact) mass is 436 g/mol. The van der Waals surface area contributed by atoms with Crippen molar-refractivity contribution in [3.63, 3.8) is 0 Å². The second-order valence-electron chi connectivity index (χ2n) is 5.25. The number of aliphatic hydroxyl groups excluding tert-OH is 1. The Morgan fingerprint density at radius 3 is 2.38 bits per heavy atom. The Kier molecular flexibility index (Phi) is 4.89. The molecule has 0 spiro atoms. The first-order valence-electron chi connectivity index (χ1n) is 7.14. The highest BCUT2D eigenvalue weighted by atomic mass is 79.9. The lowest BCUT2D eigenvalue weighted by Gasteiger charge is -2.12. The smallest absolute Gasteiger partial charge is 0.406 e. The lowest BCUT2D eigenvalue weighted by atomic mass is 10.0. The molecule has 1 N–H and O–H groups in total. The normalized spacial score (nSPS) is 12.2. The Hall–Kier alpha value is -2.20. The van der Waals surface area contributed by atoms with Crippen molar-refractivity contribution in [3.8, 4) is 16.9 Å². The van der Waals surface area contributed by atoms with Gasteiger partial charge in [0.25, 0.3) is 0 Å². The fourth-order valence-corrected chi connectivity index (χ4v) is 3.19. The summed E-state index contributed by atoms with van der Waals surface area (Å²) in [5, 5.41) is 9.50. The molecule has 2 aromatic carbocycles. The Morgan fingerprint density at radius 1 is 1.19 bits per heavy atom. The third-order valence-electron chi connectivity index (χ3n) is 3.64. The minimum Gasteiger partial charge on any atom is -0.406 e. The van der Waals surface area contributed by atoms with Crippen LogP contribution in [-0.4, -0.2) is 21.0 Å². The summed E-state index contributed by atoms with van der Waals surface area (Å²) in [6, 6.07) is 6.46. The molecule has 0 amide bonds. The van der Waals surface area contributed by atoms with Gasteiger partial charge in [0.15, 0.2) is 0 Å². The number of alkyl halides is 5. The number of aromatic nitrogens is 2. The van der Waals surface area contributed by atoms with Gasteiger partial charge in [-0.25, -0.2) is 4.98 Å². The second-order valence-corrected chi connectivity index (χ2v) is 6.05. The molecule has 0 aliphatic rings. The molecule has 0 saturated heterocycles. The molecule has 0 unspecified atom stereocenters. The standard InChI is InChI=1S/C16H10BrF5N2O2/c17-12-9(6-25)5-11(13-14(12)24(7-23-13)15(18)19)8-1-3-10(4-2-8)26-16(20,21)22/h1-5,7,15,25H,6H2. The fraction of sp³-hybridized carbons (Fsp3) is 0.188. The molecule has 3 rings (SSSR count). The first kappa shape index (κ1) is 18.6. The third-order valence-corrected chi connectivity index (χ3v) is 4.52. The summed E-state index contributed by atoms with van der Waals surface area (Å²) in [5.74, 6) is -0.407. The van der Waals surface area contributed by atoms with Crippen LogP contribution in [0.3, 0.4) is 0 Å². The number of fused-ring (bicyclic) bond motifs is 1. The number of imidazole rings is 1. The van der Waals surface area contributed by atoms with Crippen molar-refractivity contribution in [2.45, 2.75) is 19.5 Å². The molecule has 138 valence electrons. The van der Waals surface area contributed by atoms with Gasteiger partial charge in [-0.05, 0) is 45.3 Å². The predicted molar refractivity (Wildman–Crippen MR) is 86.7 cm³/mol. The van der Waals surface area contributed by atoms with Gasteiger partial charge in [-0.15, -0.1) is 13.2 Å². The topological polar surface area (TPSA) is 47.3 Å². The highest BCUT2D eigenvalue weighted by molar-refractivity contribution is 9.10. The summed E-state index contributed by atoms with van der Waals surface area (Å²) in [4.78, 5) is 3.99. The maximum Gasteiger partial charge on any atom is 0.573 e. The van der Waals surface area contributed by atoms with Crippen LogP contribution in [0.4, 0.5) is 22.0 Å². The molecular weight excluding hydrogens is 427 g/mol. The summed E-state index contributed by atoms with van der Waals surface area (Å²) >= 11 is 3.19. The number of ether oxygens (including phenoxy) is 1. The minimum absolute atomic E-state index is 0.0807. The van der Waals surface area contributed by atoms with Crippen LogP contribution in [0.2, 0.25) is 0 Å². The van der Waals surface area contributed by atoms with Crippen molar-refractivity contribution in [1.82, 2.24) is 9.55 Å². The number of nitrogens with zero attached hydrogens (tertiary/aromatic N) is 2. The van der Waals surface area contributed by atoms with Gasteiger partial charge in [-0.2, -0.15) is 8.78 Å². The van der Waals surface area contributed by atoms with Gasteiger partial charge in [-0.3, -0.25) is 4.57 Å². The van der Waals surface area contributed by atoms with Gasteiger partial charge in [0, 0.05) is 10.0 Å². The van der Waals surface area contributed by atoms with E-state index in [0.717, 1.165) is 18.5 Å². The Labute approximate surface area is 152 Å². The van der Waals surface area contributed by atoms with Crippen LogP contribution in [0.15, 0.2) is 41.1 Å². The van der Waals surface area contributed by atoms with E-state index in [1.54, 1.807) is 0 Å². The number of benzene rings is 2. The van der Waals surface area contributed by atoms with Gasteiger partial charge >= 0.3 is 12.9 Å². The number of hydrogen-bond acceptors (Lipinski definition) is 3. The van der Waals surface area contributed by atoms with E-state index in [0.29, 0.717) is 21.3 Å². The van der Waals surface area contributed by atoms with E-state index in [2.05, 4.69) is 25.7 Å². The van der Waals surface area contributed by atoms with E-state index in [4.69, 9.17) is 0 Å². The summed E-state index contributed by atoms with van der Waals surface area (Å²) < 4.78 is 67.9. The summed E-state index contributed by atoms with van der Waals surface area (Å²) in [7, 11) is 0. The minimum atomic E-state index is -4.81. The van der Waals surface area contributed by atoms with Gasteiger partial charge in [0.2, 0.25) is 0 Å². The quantitative estimate of drug-likeness (QED) is 0.568. The average molecular weight is 437 g/mol. The Morgan fingerprint density at radius 2 is 1.85 bits per heavy atom. The van der Waals surface area contributed by atoms with Crippen molar-refractivity contribution in [1.29, 1.82) is 0 Å². The molecule has 0 aliphatic heterocycles. The van der Waals surface area contributed by atoms with E-state index in [-0.39, 0.29) is 15.5 Å². The lowest BCUT2D eigenvalue weighted by Crippen LogP contribution is -2.16. The summed E-state index contributed by atoms with van der Waals surface area (Å²) in [6.45, 7) is -3.27. The zero-order valence-corrected chi connectivity index (χ0v) is 14.4. The molecule has 3 aromatic rings. The largest absolute Gasteiger partial charge is 0.573 e. The maximum atomic E-state index is 13.2. The van der Waals surface area contributed by atoms with Gasteiger partial charge in [-0.1, -0.05) is 12.1 Å². The van der Waals surface area contributed by atoms with E-state index < -0.39 is 25.3 Å². The first-order valence-corrected chi connectivity index (χ1v) is 7.93. The molecule has 1 heterocycles. The SMILES string of the molecule is OCc1cc(-c2ccc(OC(F)(F)F)cc2)c2ncn(C(F)F)c2c1Br. The van der Waals surface area contributed by atoms with Gasteiger partial charge in [0.1, 0.15) is 12.1 Å². The van der Waals surface area contributed by atoms with Crippen LogP contribution >= 0.6 is 15.9 Å². The molecule has 26 heavy (non-hydrogen) atoms. The summed E-state index contributed by atoms with van der Waals surface area (Å²) in [6.07, 6.45) is -3.85. The van der Waals surface area contributed by atoms with Crippen molar-refractivity contribution >= 4 is 27.0 Å². The van der Waals surface area contributed by atoms with Crippen molar-refractivity contribution in [2.75, 3.05) is 0 Å². The molecule has 0 fully saturated rings. The molecule has 1 aromatic heterocycles. The zero-order chi connectivity index (χ0) is 19.1. The molecule has 4 nitrogen and oxygen atoms in total. The van der Waals surface area contributed by atoms with Crippen LogP contribution in [0.5, 0.6) is 5.75 Å². The van der Waals surface area contributed by atoms with Gasteiger partial charge < -0.3 is 9.84 Å². The Balaban J connectivity index is 2.14. The first-order chi connectivity index (χ1) is 12.2.